The maximum absolute atomic E-state index is 12.8. The van der Waals surface area contributed by atoms with Crippen LogP contribution in [0.15, 0.2) is 18.2 Å². The molecule has 1 aromatic carbocycles. The molecule has 3 rings (SSSR count). The number of nitrogens with two attached hydrogens (primary N) is 1. The molecule has 0 spiro atoms. The zero-order chi connectivity index (χ0) is 21.5. The fraction of sp³-hybridized carbons (Fsp3) is 0.429. The molecule has 0 fully saturated rings. The molecule has 1 aliphatic carbocycles. The van der Waals surface area contributed by atoms with Crippen molar-refractivity contribution in [1.82, 2.24) is 0 Å². The summed E-state index contributed by atoms with van der Waals surface area (Å²) in [7, 11) is 0. The van der Waals surface area contributed by atoms with Crippen LogP contribution in [-0.4, -0.2) is 16.7 Å². The van der Waals surface area contributed by atoms with Crippen LogP contribution in [0.2, 0.25) is 0 Å². The quantitative estimate of drug-likeness (QED) is 0.566. The molecule has 8 heteroatoms. The molecule has 154 valence electrons. The third-order valence-electron chi connectivity index (χ3n) is 5.71. The molecule has 0 saturated carbocycles. The summed E-state index contributed by atoms with van der Waals surface area (Å²) < 4.78 is 0. The van der Waals surface area contributed by atoms with Crippen LogP contribution in [0.1, 0.15) is 63.9 Å². The van der Waals surface area contributed by atoms with E-state index in [-0.39, 0.29) is 22.2 Å². The summed E-state index contributed by atoms with van der Waals surface area (Å²) in [5.41, 5.74) is 7.45. The van der Waals surface area contributed by atoms with Crippen molar-refractivity contribution in [3.8, 4) is 0 Å². The van der Waals surface area contributed by atoms with Gasteiger partial charge in [0.25, 0.3) is 17.5 Å². The first-order valence-electron chi connectivity index (χ1n) is 9.50. The minimum Gasteiger partial charge on any atom is -0.365 e. The third kappa shape index (κ3) is 4.03. The van der Waals surface area contributed by atoms with Gasteiger partial charge in [-0.15, -0.1) is 11.3 Å². The predicted octanol–water partition coefficient (Wildman–Crippen LogP) is 4.47. The van der Waals surface area contributed by atoms with E-state index in [1.54, 1.807) is 0 Å². The second kappa shape index (κ2) is 7.59. The number of nitro groups is 1. The Balaban J connectivity index is 1.96. The molecule has 1 heterocycles. The Hall–Kier alpha value is -2.74. The summed E-state index contributed by atoms with van der Waals surface area (Å²) in [6.07, 6.45) is 2.55. The number of rotatable bonds is 4. The standard InChI is InChI=1S/C21H25N3O4S/c1-11-13(6-5-7-15(11)24(27)28)19(26)23-20-17(18(22)25)14-9-8-12(21(2,3)4)10-16(14)29-20/h5-7,12H,8-10H2,1-4H3,(H2,22,25)(H,23,26)/t12-/m1/s1. The number of carbonyl (C=O) groups excluding carboxylic acids is 2. The van der Waals surface area contributed by atoms with E-state index in [4.69, 9.17) is 5.73 Å². The third-order valence-corrected chi connectivity index (χ3v) is 6.88. The SMILES string of the molecule is Cc1c(C(=O)Nc2sc3c(c2C(N)=O)CC[C@@H](C(C)(C)C)C3)cccc1[N+](=O)[O-]. The van der Waals surface area contributed by atoms with Gasteiger partial charge in [-0.3, -0.25) is 19.7 Å². The van der Waals surface area contributed by atoms with Gasteiger partial charge in [-0.25, -0.2) is 0 Å². The van der Waals surface area contributed by atoms with Crippen LogP contribution in [0.4, 0.5) is 10.7 Å². The second-order valence-electron chi connectivity index (χ2n) is 8.54. The van der Waals surface area contributed by atoms with E-state index >= 15 is 0 Å². The minimum absolute atomic E-state index is 0.119. The first-order valence-corrected chi connectivity index (χ1v) is 10.3. The number of nitrogens with one attached hydrogen (secondary N) is 1. The van der Waals surface area contributed by atoms with Crippen molar-refractivity contribution in [2.24, 2.45) is 17.1 Å². The van der Waals surface area contributed by atoms with Crippen LogP contribution in [0.5, 0.6) is 0 Å². The van der Waals surface area contributed by atoms with Crippen LogP contribution in [0.25, 0.3) is 0 Å². The average Bonchev–Trinajstić information content (AvgIpc) is 2.97. The van der Waals surface area contributed by atoms with Gasteiger partial charge in [-0.05, 0) is 49.1 Å². The van der Waals surface area contributed by atoms with Crippen LogP contribution in [0, 0.1) is 28.4 Å². The average molecular weight is 416 g/mol. The smallest absolute Gasteiger partial charge is 0.273 e. The number of amides is 2. The monoisotopic (exact) mass is 415 g/mol. The Labute approximate surface area is 173 Å². The number of fused-ring (bicyclic) bond motifs is 1. The van der Waals surface area contributed by atoms with Gasteiger partial charge in [-0.1, -0.05) is 26.8 Å². The van der Waals surface area contributed by atoms with Crippen LogP contribution in [0.3, 0.4) is 0 Å². The highest BCUT2D eigenvalue weighted by atomic mass is 32.1. The Morgan fingerprint density at radius 1 is 1.31 bits per heavy atom. The number of nitrogens with zero attached hydrogens (tertiary/aromatic N) is 1. The largest absolute Gasteiger partial charge is 0.365 e. The number of benzene rings is 1. The van der Waals surface area contributed by atoms with Crippen molar-refractivity contribution >= 4 is 33.8 Å². The number of primary amides is 1. The van der Waals surface area contributed by atoms with Gasteiger partial charge in [0, 0.05) is 22.1 Å². The predicted molar refractivity (Wildman–Crippen MR) is 114 cm³/mol. The lowest BCUT2D eigenvalue weighted by Gasteiger charge is -2.33. The lowest BCUT2D eigenvalue weighted by molar-refractivity contribution is -0.385. The minimum atomic E-state index is -0.567. The van der Waals surface area contributed by atoms with Gasteiger partial charge in [0.1, 0.15) is 5.00 Å². The first kappa shape index (κ1) is 21.0. The summed E-state index contributed by atoms with van der Waals surface area (Å²) in [4.78, 5) is 36.7. The summed E-state index contributed by atoms with van der Waals surface area (Å²) in [6.45, 7) is 8.16. The molecule has 0 aliphatic heterocycles. The molecule has 0 unspecified atom stereocenters. The highest BCUT2D eigenvalue weighted by molar-refractivity contribution is 7.17. The van der Waals surface area contributed by atoms with Crippen molar-refractivity contribution in [3.63, 3.8) is 0 Å². The summed E-state index contributed by atoms with van der Waals surface area (Å²) in [5.74, 6) is -0.570. The lowest BCUT2D eigenvalue weighted by atomic mass is 9.72. The first-order chi connectivity index (χ1) is 13.5. The molecule has 7 nitrogen and oxygen atoms in total. The number of hydrogen-bond donors (Lipinski definition) is 2. The number of nitro benzene ring substituents is 1. The van der Waals surface area contributed by atoms with E-state index in [0.717, 1.165) is 29.7 Å². The molecule has 2 amide bonds. The topological polar surface area (TPSA) is 115 Å². The summed E-state index contributed by atoms with van der Waals surface area (Å²) in [6, 6.07) is 4.37. The van der Waals surface area contributed by atoms with Crippen molar-refractivity contribution in [3.05, 3.63) is 55.4 Å². The van der Waals surface area contributed by atoms with E-state index in [0.29, 0.717) is 16.5 Å². The van der Waals surface area contributed by atoms with Crippen LogP contribution < -0.4 is 11.1 Å². The lowest BCUT2D eigenvalue weighted by Crippen LogP contribution is -2.27. The number of carbonyl (C=O) groups is 2. The Morgan fingerprint density at radius 3 is 2.59 bits per heavy atom. The van der Waals surface area contributed by atoms with Crippen molar-refractivity contribution in [2.75, 3.05) is 5.32 Å². The Morgan fingerprint density at radius 2 is 2.00 bits per heavy atom. The molecule has 1 aliphatic rings. The van der Waals surface area contributed by atoms with E-state index < -0.39 is 16.7 Å². The molecule has 1 aromatic heterocycles. The highest BCUT2D eigenvalue weighted by Crippen LogP contribution is 2.44. The molecule has 1 atom stereocenters. The Kier molecular flexibility index (Phi) is 5.49. The van der Waals surface area contributed by atoms with E-state index in [1.807, 2.05) is 0 Å². The summed E-state index contributed by atoms with van der Waals surface area (Å²) >= 11 is 1.38. The molecular formula is C21H25N3O4S. The molecule has 3 N–H and O–H groups in total. The van der Waals surface area contributed by atoms with Crippen molar-refractivity contribution in [1.29, 1.82) is 0 Å². The molecule has 2 aromatic rings. The molecule has 0 bridgehead atoms. The molecule has 0 radical (unpaired) electrons. The summed E-state index contributed by atoms with van der Waals surface area (Å²) in [5, 5.41) is 14.4. The normalized spacial score (nSPS) is 16.2. The number of anilines is 1. The van der Waals surface area contributed by atoms with Gasteiger partial charge in [-0.2, -0.15) is 0 Å². The van der Waals surface area contributed by atoms with E-state index in [9.17, 15) is 19.7 Å². The molecule has 29 heavy (non-hydrogen) atoms. The van der Waals surface area contributed by atoms with Gasteiger partial charge in [0.15, 0.2) is 0 Å². The second-order valence-corrected chi connectivity index (χ2v) is 9.64. The molecular weight excluding hydrogens is 390 g/mol. The fourth-order valence-corrected chi connectivity index (χ4v) is 5.24. The van der Waals surface area contributed by atoms with E-state index in [1.165, 1.54) is 36.5 Å². The Bertz CT molecular complexity index is 1000. The zero-order valence-corrected chi connectivity index (χ0v) is 17.8. The van der Waals surface area contributed by atoms with Crippen molar-refractivity contribution < 1.29 is 14.5 Å². The molecule has 0 saturated heterocycles. The maximum Gasteiger partial charge on any atom is 0.273 e. The van der Waals surface area contributed by atoms with Crippen molar-refractivity contribution in [2.45, 2.75) is 47.0 Å². The van der Waals surface area contributed by atoms with Gasteiger partial charge in [0.2, 0.25) is 0 Å². The van der Waals surface area contributed by atoms with Gasteiger partial charge >= 0.3 is 0 Å². The highest BCUT2D eigenvalue weighted by Gasteiger charge is 2.33. The van der Waals surface area contributed by atoms with Crippen LogP contribution >= 0.6 is 11.3 Å². The maximum atomic E-state index is 12.8. The van der Waals surface area contributed by atoms with E-state index in [2.05, 4.69) is 26.1 Å². The van der Waals surface area contributed by atoms with Crippen LogP contribution in [-0.2, 0) is 12.8 Å². The zero-order valence-electron chi connectivity index (χ0n) is 17.0. The fourth-order valence-electron chi connectivity index (χ4n) is 3.91. The number of thiophene rings is 1. The number of hydrogen-bond acceptors (Lipinski definition) is 5. The van der Waals surface area contributed by atoms with Gasteiger partial charge < -0.3 is 11.1 Å². The van der Waals surface area contributed by atoms with Gasteiger partial charge in [0.05, 0.1) is 10.5 Å².